The fraction of sp³-hybridized carbons (Fsp3) is 1.00. The summed E-state index contributed by atoms with van der Waals surface area (Å²) >= 11 is 0. The summed E-state index contributed by atoms with van der Waals surface area (Å²) < 4.78 is 0. The summed E-state index contributed by atoms with van der Waals surface area (Å²) in [6.07, 6.45) is 2.51. The molecule has 3 unspecified atom stereocenters. The molecule has 0 amide bonds. The van der Waals surface area contributed by atoms with Crippen molar-refractivity contribution in [2.24, 2.45) is 17.1 Å². The molecule has 0 aromatic rings. The maximum atomic E-state index is 5.78. The van der Waals surface area contributed by atoms with Gasteiger partial charge in [-0.2, -0.15) is 0 Å². The third-order valence-corrected chi connectivity index (χ3v) is 3.08. The minimum atomic E-state index is 0.493. The predicted octanol–water partition coefficient (Wildman–Crippen LogP) is 1.77. The number of nitrogens with two attached hydrogens (primary N) is 1. The van der Waals surface area contributed by atoms with Crippen molar-refractivity contribution in [3.63, 3.8) is 0 Å². The number of hydrogen-bond donors (Lipinski definition) is 1. The Hall–Kier alpha value is -0.0400. The molecular formula is C8H17N. The Balaban J connectivity index is 2.43. The van der Waals surface area contributed by atoms with Gasteiger partial charge in [-0.05, 0) is 17.8 Å². The van der Waals surface area contributed by atoms with Crippen molar-refractivity contribution in [2.75, 3.05) is 0 Å². The molecule has 9 heavy (non-hydrogen) atoms. The zero-order valence-electron chi connectivity index (χ0n) is 6.65. The molecule has 0 bridgehead atoms. The first-order valence-corrected chi connectivity index (χ1v) is 3.87. The Morgan fingerprint density at radius 1 is 1.78 bits per heavy atom. The molecule has 54 valence electrons. The molecule has 1 nitrogen and oxygen atoms in total. The van der Waals surface area contributed by atoms with Gasteiger partial charge in [0.1, 0.15) is 0 Å². The molecule has 0 radical (unpaired) electrons. The van der Waals surface area contributed by atoms with Crippen LogP contribution in [0.3, 0.4) is 0 Å². The van der Waals surface area contributed by atoms with Crippen LogP contribution in [0.15, 0.2) is 0 Å². The SMILES string of the molecule is CCC(C)C1(C)CC1N. The van der Waals surface area contributed by atoms with E-state index in [4.69, 9.17) is 5.73 Å². The van der Waals surface area contributed by atoms with Gasteiger partial charge in [0.05, 0.1) is 0 Å². The quantitative estimate of drug-likeness (QED) is 0.601. The second kappa shape index (κ2) is 1.98. The lowest BCUT2D eigenvalue weighted by atomic mass is 9.90. The smallest absolute Gasteiger partial charge is 0.0102 e. The molecule has 0 aliphatic heterocycles. The Labute approximate surface area is 57.6 Å². The van der Waals surface area contributed by atoms with Gasteiger partial charge in [-0.3, -0.25) is 0 Å². The van der Waals surface area contributed by atoms with Crippen molar-refractivity contribution in [1.29, 1.82) is 0 Å². The van der Waals surface area contributed by atoms with E-state index in [9.17, 15) is 0 Å². The molecule has 0 aromatic heterocycles. The topological polar surface area (TPSA) is 26.0 Å². The van der Waals surface area contributed by atoms with Crippen LogP contribution in [-0.2, 0) is 0 Å². The zero-order valence-corrected chi connectivity index (χ0v) is 6.65. The van der Waals surface area contributed by atoms with Gasteiger partial charge in [-0.25, -0.2) is 0 Å². The highest BCUT2D eigenvalue weighted by Crippen LogP contribution is 2.51. The van der Waals surface area contributed by atoms with Crippen molar-refractivity contribution < 1.29 is 0 Å². The van der Waals surface area contributed by atoms with Gasteiger partial charge in [0.15, 0.2) is 0 Å². The van der Waals surface area contributed by atoms with E-state index < -0.39 is 0 Å². The van der Waals surface area contributed by atoms with Crippen LogP contribution in [0.1, 0.15) is 33.6 Å². The van der Waals surface area contributed by atoms with Gasteiger partial charge in [0.2, 0.25) is 0 Å². The van der Waals surface area contributed by atoms with E-state index in [0.29, 0.717) is 11.5 Å². The van der Waals surface area contributed by atoms with E-state index in [1.807, 2.05) is 0 Å². The lowest BCUT2D eigenvalue weighted by Crippen LogP contribution is -2.17. The predicted molar refractivity (Wildman–Crippen MR) is 40.2 cm³/mol. The summed E-state index contributed by atoms with van der Waals surface area (Å²) in [6, 6.07) is 0.493. The van der Waals surface area contributed by atoms with Gasteiger partial charge < -0.3 is 5.73 Å². The van der Waals surface area contributed by atoms with Crippen molar-refractivity contribution >= 4 is 0 Å². The molecule has 0 aromatic carbocycles. The molecule has 0 heterocycles. The average Bonchev–Trinajstić information content (AvgIpc) is 2.41. The lowest BCUT2D eigenvalue weighted by molar-refractivity contribution is 0.342. The normalized spacial score (nSPS) is 44.7. The Morgan fingerprint density at radius 2 is 2.22 bits per heavy atom. The fourth-order valence-electron chi connectivity index (χ4n) is 1.45. The summed E-state index contributed by atoms with van der Waals surface area (Å²) in [5.41, 5.74) is 6.27. The molecular weight excluding hydrogens is 110 g/mol. The van der Waals surface area contributed by atoms with E-state index in [2.05, 4.69) is 20.8 Å². The maximum absolute atomic E-state index is 5.78. The van der Waals surface area contributed by atoms with Crippen LogP contribution in [0.5, 0.6) is 0 Å². The van der Waals surface area contributed by atoms with Crippen LogP contribution in [-0.4, -0.2) is 6.04 Å². The van der Waals surface area contributed by atoms with E-state index in [1.165, 1.54) is 12.8 Å². The van der Waals surface area contributed by atoms with Gasteiger partial charge in [0.25, 0.3) is 0 Å². The molecule has 2 N–H and O–H groups in total. The molecule has 3 atom stereocenters. The highest BCUT2D eigenvalue weighted by molar-refractivity contribution is 5.04. The van der Waals surface area contributed by atoms with E-state index >= 15 is 0 Å². The van der Waals surface area contributed by atoms with Crippen molar-refractivity contribution in [3.05, 3.63) is 0 Å². The van der Waals surface area contributed by atoms with Crippen molar-refractivity contribution in [1.82, 2.24) is 0 Å². The summed E-state index contributed by atoms with van der Waals surface area (Å²) in [5.74, 6) is 0.812. The molecule has 1 saturated carbocycles. The van der Waals surface area contributed by atoms with Crippen LogP contribution in [0, 0.1) is 11.3 Å². The molecule has 0 saturated heterocycles. The summed E-state index contributed by atoms with van der Waals surface area (Å²) in [6.45, 7) is 6.83. The maximum Gasteiger partial charge on any atom is 0.0102 e. The Kier molecular flexibility index (Phi) is 1.55. The monoisotopic (exact) mass is 127 g/mol. The Morgan fingerprint density at radius 3 is 2.33 bits per heavy atom. The van der Waals surface area contributed by atoms with E-state index in [0.717, 1.165) is 5.92 Å². The third-order valence-electron chi connectivity index (χ3n) is 3.08. The van der Waals surface area contributed by atoms with Gasteiger partial charge in [-0.1, -0.05) is 27.2 Å². The van der Waals surface area contributed by atoms with Gasteiger partial charge in [-0.15, -0.1) is 0 Å². The summed E-state index contributed by atoms with van der Waals surface area (Å²) in [5, 5.41) is 0. The van der Waals surface area contributed by atoms with E-state index in [-0.39, 0.29) is 0 Å². The minimum absolute atomic E-state index is 0.493. The standard InChI is InChI=1S/C8H17N/c1-4-6(2)8(3)5-7(8)9/h6-7H,4-5,9H2,1-3H3. The highest BCUT2D eigenvalue weighted by atomic mass is 14.8. The first-order valence-electron chi connectivity index (χ1n) is 3.87. The van der Waals surface area contributed by atoms with Crippen molar-refractivity contribution in [2.45, 2.75) is 39.7 Å². The first-order chi connectivity index (χ1) is 4.11. The van der Waals surface area contributed by atoms with Crippen molar-refractivity contribution in [3.8, 4) is 0 Å². The van der Waals surface area contributed by atoms with Crippen LogP contribution in [0.25, 0.3) is 0 Å². The Bertz CT molecular complexity index is 111. The van der Waals surface area contributed by atoms with E-state index in [1.54, 1.807) is 0 Å². The third kappa shape index (κ3) is 0.983. The van der Waals surface area contributed by atoms with Gasteiger partial charge >= 0.3 is 0 Å². The minimum Gasteiger partial charge on any atom is -0.327 e. The second-order valence-electron chi connectivity index (χ2n) is 3.63. The molecule has 1 aliphatic carbocycles. The first kappa shape index (κ1) is 7.07. The molecule has 1 heteroatoms. The van der Waals surface area contributed by atoms with Crippen LogP contribution in [0.2, 0.25) is 0 Å². The van der Waals surface area contributed by atoms with Crippen LogP contribution < -0.4 is 5.73 Å². The summed E-state index contributed by atoms with van der Waals surface area (Å²) in [7, 11) is 0. The molecule has 1 rings (SSSR count). The lowest BCUT2D eigenvalue weighted by Gasteiger charge is -2.16. The van der Waals surface area contributed by atoms with Gasteiger partial charge in [0, 0.05) is 6.04 Å². The largest absolute Gasteiger partial charge is 0.327 e. The number of hydrogen-bond acceptors (Lipinski definition) is 1. The number of rotatable bonds is 2. The van der Waals surface area contributed by atoms with Crippen LogP contribution >= 0.6 is 0 Å². The fourth-order valence-corrected chi connectivity index (χ4v) is 1.45. The average molecular weight is 127 g/mol. The van der Waals surface area contributed by atoms with Crippen LogP contribution in [0.4, 0.5) is 0 Å². The summed E-state index contributed by atoms with van der Waals surface area (Å²) in [4.78, 5) is 0. The molecule has 1 aliphatic rings. The molecule has 0 spiro atoms. The second-order valence-corrected chi connectivity index (χ2v) is 3.63. The molecule has 1 fully saturated rings. The zero-order chi connectivity index (χ0) is 7.07. The highest BCUT2D eigenvalue weighted by Gasteiger charge is 2.50.